The molecule has 0 radical (unpaired) electrons. The lowest BCUT2D eigenvalue weighted by atomic mass is 10.0. The summed E-state index contributed by atoms with van der Waals surface area (Å²) in [7, 11) is -3.65. The van der Waals surface area contributed by atoms with Crippen molar-refractivity contribution in [3.63, 3.8) is 0 Å². The van der Waals surface area contributed by atoms with Crippen LogP contribution >= 0.6 is 0 Å². The average molecular weight is 308 g/mol. The Morgan fingerprint density at radius 2 is 1.90 bits per heavy atom. The number of primary amides is 1. The molecule has 1 fully saturated rings. The number of hydrogen-bond acceptors (Lipinski definition) is 3. The molecule has 1 aliphatic carbocycles. The van der Waals surface area contributed by atoms with Crippen LogP contribution < -0.4 is 5.73 Å². The molecule has 1 aromatic rings. The number of carbonyl (C=O) groups is 1. The molecule has 0 bridgehead atoms. The van der Waals surface area contributed by atoms with E-state index in [-0.39, 0.29) is 4.90 Å². The zero-order chi connectivity index (χ0) is 15.0. The number of sulfonamides is 1. The minimum absolute atomic E-state index is 0.288. The second kappa shape index (κ2) is 5.42. The average Bonchev–Trinajstić information content (AvgIpc) is 2.94. The highest BCUT2D eigenvalue weighted by molar-refractivity contribution is 7.89. The van der Waals surface area contributed by atoms with Crippen LogP contribution in [0, 0.1) is 0 Å². The molecule has 1 saturated heterocycles. The fourth-order valence-corrected chi connectivity index (χ4v) is 5.04. The van der Waals surface area contributed by atoms with Crippen LogP contribution in [0.25, 0.3) is 0 Å². The summed E-state index contributed by atoms with van der Waals surface area (Å²) in [6, 6.07) is 4.62. The Bertz CT molecular complexity index is 669. The number of nitrogens with zero attached hydrogens (tertiary/aromatic N) is 1. The van der Waals surface area contributed by atoms with Crippen molar-refractivity contribution in [1.29, 1.82) is 0 Å². The van der Waals surface area contributed by atoms with Gasteiger partial charge in [0, 0.05) is 6.54 Å². The summed E-state index contributed by atoms with van der Waals surface area (Å²) in [5, 5.41) is 0. The standard InChI is InChI=1S/C15H20N2O3S/c16-15(18)14-6-1-2-9-17(14)21(19,20)13-8-7-11-4-3-5-12(11)10-13/h7-8,10,14H,1-6,9H2,(H2,16,18). The van der Waals surface area contributed by atoms with Crippen LogP contribution in [0.1, 0.15) is 36.8 Å². The van der Waals surface area contributed by atoms with E-state index in [0.29, 0.717) is 13.0 Å². The highest BCUT2D eigenvalue weighted by Crippen LogP contribution is 2.29. The molecule has 3 rings (SSSR count). The molecule has 0 saturated carbocycles. The molecule has 1 amide bonds. The predicted octanol–water partition coefficient (Wildman–Crippen LogP) is 1.20. The molecular weight excluding hydrogens is 288 g/mol. The van der Waals surface area contributed by atoms with Crippen LogP contribution in [0.2, 0.25) is 0 Å². The van der Waals surface area contributed by atoms with Gasteiger partial charge in [-0.15, -0.1) is 0 Å². The Morgan fingerprint density at radius 3 is 2.67 bits per heavy atom. The van der Waals surface area contributed by atoms with Gasteiger partial charge >= 0.3 is 0 Å². The maximum Gasteiger partial charge on any atom is 0.243 e. The number of rotatable bonds is 3. The van der Waals surface area contributed by atoms with E-state index in [2.05, 4.69) is 0 Å². The van der Waals surface area contributed by atoms with Crippen LogP contribution in [0.4, 0.5) is 0 Å². The minimum Gasteiger partial charge on any atom is -0.368 e. The number of aryl methyl sites for hydroxylation is 2. The molecule has 1 atom stereocenters. The van der Waals surface area contributed by atoms with Crippen LogP contribution in [0.5, 0.6) is 0 Å². The fraction of sp³-hybridized carbons (Fsp3) is 0.533. The zero-order valence-corrected chi connectivity index (χ0v) is 12.7. The molecule has 1 aromatic carbocycles. The van der Waals surface area contributed by atoms with Crippen molar-refractivity contribution >= 4 is 15.9 Å². The van der Waals surface area contributed by atoms with E-state index >= 15 is 0 Å². The third-order valence-electron chi connectivity index (χ3n) is 4.46. The van der Waals surface area contributed by atoms with E-state index in [1.807, 2.05) is 6.07 Å². The highest BCUT2D eigenvalue weighted by atomic mass is 32.2. The number of piperidine rings is 1. The van der Waals surface area contributed by atoms with Crippen molar-refractivity contribution in [3.8, 4) is 0 Å². The molecule has 1 heterocycles. The van der Waals surface area contributed by atoms with Gasteiger partial charge in [0.15, 0.2) is 0 Å². The molecule has 1 aliphatic heterocycles. The minimum atomic E-state index is -3.65. The van der Waals surface area contributed by atoms with E-state index in [0.717, 1.165) is 37.7 Å². The Balaban J connectivity index is 1.97. The second-order valence-corrected chi connectivity index (χ2v) is 7.70. The van der Waals surface area contributed by atoms with E-state index < -0.39 is 22.0 Å². The molecule has 1 unspecified atom stereocenters. The summed E-state index contributed by atoms with van der Waals surface area (Å²) in [6.45, 7) is 0.368. The smallest absolute Gasteiger partial charge is 0.243 e. The Labute approximate surface area is 125 Å². The Morgan fingerprint density at radius 1 is 1.14 bits per heavy atom. The maximum absolute atomic E-state index is 12.8. The van der Waals surface area contributed by atoms with Crippen molar-refractivity contribution in [2.75, 3.05) is 6.54 Å². The maximum atomic E-state index is 12.8. The van der Waals surface area contributed by atoms with Crippen LogP contribution in [0.3, 0.4) is 0 Å². The molecule has 114 valence electrons. The summed E-state index contributed by atoms with van der Waals surface area (Å²) in [6.07, 6.45) is 5.14. The van der Waals surface area contributed by atoms with Crippen LogP contribution in [0.15, 0.2) is 23.1 Å². The van der Waals surface area contributed by atoms with Gasteiger partial charge in [-0.1, -0.05) is 12.5 Å². The highest BCUT2D eigenvalue weighted by Gasteiger charge is 2.36. The summed E-state index contributed by atoms with van der Waals surface area (Å²) < 4.78 is 26.9. The van der Waals surface area contributed by atoms with Gasteiger partial charge in [0.1, 0.15) is 6.04 Å². The number of amides is 1. The lowest BCUT2D eigenvalue weighted by Crippen LogP contribution is -2.50. The first-order valence-electron chi connectivity index (χ1n) is 7.43. The third kappa shape index (κ3) is 2.58. The van der Waals surface area contributed by atoms with Gasteiger partial charge in [-0.05, 0) is 55.4 Å². The number of nitrogens with two attached hydrogens (primary N) is 1. The second-order valence-electron chi connectivity index (χ2n) is 5.81. The summed E-state index contributed by atoms with van der Waals surface area (Å²) in [5.41, 5.74) is 7.73. The van der Waals surface area contributed by atoms with Gasteiger partial charge in [0.05, 0.1) is 4.90 Å². The van der Waals surface area contributed by atoms with Crippen molar-refractivity contribution in [1.82, 2.24) is 4.31 Å². The van der Waals surface area contributed by atoms with Gasteiger partial charge in [-0.2, -0.15) is 4.31 Å². The molecule has 0 aromatic heterocycles. The Kier molecular flexibility index (Phi) is 3.75. The lowest BCUT2D eigenvalue weighted by molar-refractivity contribution is -0.122. The van der Waals surface area contributed by atoms with Crippen LogP contribution in [-0.4, -0.2) is 31.2 Å². The van der Waals surface area contributed by atoms with Gasteiger partial charge in [0.2, 0.25) is 15.9 Å². The van der Waals surface area contributed by atoms with Crippen molar-refractivity contribution in [3.05, 3.63) is 29.3 Å². The molecular formula is C15H20N2O3S. The predicted molar refractivity (Wildman–Crippen MR) is 79.2 cm³/mol. The summed E-state index contributed by atoms with van der Waals surface area (Å²) in [5.74, 6) is -0.556. The molecule has 5 nitrogen and oxygen atoms in total. The fourth-order valence-electron chi connectivity index (χ4n) is 3.32. The normalized spacial score (nSPS) is 23.0. The van der Waals surface area contributed by atoms with E-state index in [4.69, 9.17) is 5.73 Å². The van der Waals surface area contributed by atoms with Gasteiger partial charge in [-0.25, -0.2) is 8.42 Å². The molecule has 6 heteroatoms. The number of hydrogen-bond donors (Lipinski definition) is 1. The topological polar surface area (TPSA) is 80.5 Å². The lowest BCUT2D eigenvalue weighted by Gasteiger charge is -2.32. The molecule has 21 heavy (non-hydrogen) atoms. The van der Waals surface area contributed by atoms with E-state index in [9.17, 15) is 13.2 Å². The van der Waals surface area contributed by atoms with Crippen molar-refractivity contribution in [2.24, 2.45) is 5.73 Å². The first-order valence-corrected chi connectivity index (χ1v) is 8.87. The van der Waals surface area contributed by atoms with Crippen molar-refractivity contribution < 1.29 is 13.2 Å². The van der Waals surface area contributed by atoms with Crippen molar-refractivity contribution in [2.45, 2.75) is 49.5 Å². The van der Waals surface area contributed by atoms with E-state index in [1.165, 1.54) is 9.87 Å². The SMILES string of the molecule is NC(=O)C1CCCCN1S(=O)(=O)c1ccc2c(c1)CCC2. The number of benzene rings is 1. The van der Waals surface area contributed by atoms with Gasteiger partial charge in [0.25, 0.3) is 0 Å². The summed E-state index contributed by atoms with van der Waals surface area (Å²) >= 11 is 0. The zero-order valence-electron chi connectivity index (χ0n) is 11.9. The first kappa shape index (κ1) is 14.5. The number of carbonyl (C=O) groups excluding carboxylic acids is 1. The number of fused-ring (bicyclic) bond motifs is 1. The summed E-state index contributed by atoms with van der Waals surface area (Å²) in [4.78, 5) is 11.8. The van der Waals surface area contributed by atoms with E-state index in [1.54, 1.807) is 12.1 Å². The quantitative estimate of drug-likeness (QED) is 0.911. The molecule has 2 N–H and O–H groups in total. The Hall–Kier alpha value is -1.40. The van der Waals surface area contributed by atoms with Gasteiger partial charge < -0.3 is 5.73 Å². The molecule has 2 aliphatic rings. The monoisotopic (exact) mass is 308 g/mol. The first-order chi connectivity index (χ1) is 10.00. The van der Waals surface area contributed by atoms with Crippen LogP contribution in [-0.2, 0) is 27.7 Å². The third-order valence-corrected chi connectivity index (χ3v) is 6.36. The largest absolute Gasteiger partial charge is 0.368 e. The van der Waals surface area contributed by atoms with Gasteiger partial charge in [-0.3, -0.25) is 4.79 Å². The molecule has 0 spiro atoms.